The number of rotatable bonds is 5. The third-order valence-corrected chi connectivity index (χ3v) is 3.38. The predicted octanol–water partition coefficient (Wildman–Crippen LogP) is 2.46. The minimum atomic E-state index is -0.366. The summed E-state index contributed by atoms with van der Waals surface area (Å²) in [5.41, 5.74) is 0.422. The quantitative estimate of drug-likeness (QED) is 0.794. The maximum atomic E-state index is 11.8. The van der Waals surface area contributed by atoms with Crippen molar-refractivity contribution in [2.24, 2.45) is 0 Å². The number of hydrogen-bond donors (Lipinski definition) is 2. The number of carbonyl (C=O) groups is 1. The van der Waals surface area contributed by atoms with Crippen LogP contribution in [-0.4, -0.2) is 22.4 Å². The third kappa shape index (κ3) is 4.27. The van der Waals surface area contributed by atoms with Crippen LogP contribution in [0.2, 0.25) is 0 Å². The van der Waals surface area contributed by atoms with Crippen molar-refractivity contribution in [3.63, 3.8) is 0 Å². The second-order valence-electron chi connectivity index (χ2n) is 4.44. The first-order valence-corrected chi connectivity index (χ1v) is 6.17. The molecule has 0 saturated carbocycles. The molecule has 1 atom stereocenters. The predicted molar refractivity (Wildman–Crippen MR) is 69.4 cm³/mol. The lowest BCUT2D eigenvalue weighted by Crippen LogP contribution is -2.47. The van der Waals surface area contributed by atoms with Gasteiger partial charge in [0.05, 0.1) is 12.0 Å². The van der Waals surface area contributed by atoms with Crippen LogP contribution < -0.4 is 5.32 Å². The average molecular weight is 256 g/mol. The van der Waals surface area contributed by atoms with E-state index in [2.05, 4.69) is 5.32 Å². The van der Waals surface area contributed by atoms with E-state index in [0.29, 0.717) is 5.88 Å². The minimum absolute atomic E-state index is 0.0828. The van der Waals surface area contributed by atoms with E-state index < -0.39 is 0 Å². The summed E-state index contributed by atoms with van der Waals surface area (Å²) < 4.78 is 0. The number of amides is 1. The van der Waals surface area contributed by atoms with Crippen LogP contribution in [0.5, 0.6) is 5.75 Å². The van der Waals surface area contributed by atoms with Crippen LogP contribution in [0.15, 0.2) is 24.3 Å². The Bertz CT molecular complexity index is 389. The first kappa shape index (κ1) is 13.8. The van der Waals surface area contributed by atoms with Crippen molar-refractivity contribution in [2.45, 2.75) is 32.2 Å². The molecule has 1 aromatic rings. The number of hydrogen-bond acceptors (Lipinski definition) is 2. The van der Waals surface area contributed by atoms with E-state index in [4.69, 9.17) is 11.6 Å². The molecule has 3 nitrogen and oxygen atoms in total. The maximum absolute atomic E-state index is 11.8. The molecule has 0 aliphatic heterocycles. The first-order valence-electron chi connectivity index (χ1n) is 5.64. The Balaban J connectivity index is 2.61. The zero-order valence-corrected chi connectivity index (χ0v) is 10.9. The minimum Gasteiger partial charge on any atom is -0.508 e. The van der Waals surface area contributed by atoms with Crippen LogP contribution in [0, 0.1) is 0 Å². The number of phenolic OH excluding ortho intramolecular Hbond substituents is 1. The number of alkyl halides is 1. The fourth-order valence-electron chi connectivity index (χ4n) is 1.45. The second kappa shape index (κ2) is 5.92. The normalized spacial score (nSPS) is 14.1. The van der Waals surface area contributed by atoms with Gasteiger partial charge in [-0.3, -0.25) is 4.79 Å². The fraction of sp³-hybridized carbons (Fsp3) is 0.462. The Morgan fingerprint density at radius 1 is 1.53 bits per heavy atom. The summed E-state index contributed by atoms with van der Waals surface area (Å²) >= 11 is 5.83. The smallest absolute Gasteiger partial charge is 0.224 e. The molecule has 0 bridgehead atoms. The number of carbonyl (C=O) groups excluding carboxylic acids is 1. The van der Waals surface area contributed by atoms with Gasteiger partial charge < -0.3 is 10.4 Å². The van der Waals surface area contributed by atoms with E-state index in [9.17, 15) is 9.90 Å². The summed E-state index contributed by atoms with van der Waals surface area (Å²) in [6.45, 7) is 3.90. The summed E-state index contributed by atoms with van der Waals surface area (Å²) in [6, 6.07) is 6.70. The van der Waals surface area contributed by atoms with Gasteiger partial charge in [-0.1, -0.05) is 19.1 Å². The van der Waals surface area contributed by atoms with Gasteiger partial charge in [-0.05, 0) is 31.0 Å². The van der Waals surface area contributed by atoms with Crippen molar-refractivity contribution in [3.8, 4) is 5.75 Å². The van der Waals surface area contributed by atoms with Crippen LogP contribution in [0.3, 0.4) is 0 Å². The van der Waals surface area contributed by atoms with Gasteiger partial charge in [0, 0.05) is 5.88 Å². The van der Waals surface area contributed by atoms with Crippen LogP contribution in [0.1, 0.15) is 25.8 Å². The molecule has 1 unspecified atom stereocenters. The standard InChI is InChI=1S/C13H18ClNO2/c1-3-13(2,9-14)15-12(17)8-10-5-4-6-11(16)7-10/h4-7,16H,3,8-9H2,1-2H3,(H,15,17). The van der Waals surface area contributed by atoms with Crippen molar-refractivity contribution in [1.82, 2.24) is 5.32 Å². The molecule has 0 radical (unpaired) electrons. The lowest BCUT2D eigenvalue weighted by molar-refractivity contribution is -0.122. The maximum Gasteiger partial charge on any atom is 0.224 e. The van der Waals surface area contributed by atoms with Crippen molar-refractivity contribution < 1.29 is 9.90 Å². The Morgan fingerprint density at radius 3 is 2.76 bits per heavy atom. The van der Waals surface area contributed by atoms with Gasteiger partial charge >= 0.3 is 0 Å². The second-order valence-corrected chi connectivity index (χ2v) is 4.71. The molecule has 94 valence electrons. The van der Waals surface area contributed by atoms with E-state index in [-0.39, 0.29) is 23.6 Å². The molecule has 0 saturated heterocycles. The molecule has 4 heteroatoms. The highest BCUT2D eigenvalue weighted by Gasteiger charge is 2.22. The molecule has 1 rings (SSSR count). The van der Waals surface area contributed by atoms with E-state index in [1.54, 1.807) is 18.2 Å². The molecule has 2 N–H and O–H groups in total. The molecule has 0 fully saturated rings. The van der Waals surface area contributed by atoms with E-state index in [1.165, 1.54) is 0 Å². The van der Waals surface area contributed by atoms with Crippen molar-refractivity contribution in [1.29, 1.82) is 0 Å². The zero-order valence-electron chi connectivity index (χ0n) is 10.2. The SMILES string of the molecule is CCC(C)(CCl)NC(=O)Cc1cccc(O)c1. The summed E-state index contributed by atoms with van der Waals surface area (Å²) in [7, 11) is 0. The van der Waals surface area contributed by atoms with Gasteiger partial charge in [0.2, 0.25) is 5.91 Å². The number of phenols is 1. The van der Waals surface area contributed by atoms with Crippen molar-refractivity contribution in [3.05, 3.63) is 29.8 Å². The summed E-state index contributed by atoms with van der Waals surface area (Å²) in [6.07, 6.45) is 1.03. The largest absolute Gasteiger partial charge is 0.508 e. The van der Waals surface area contributed by atoms with Gasteiger partial charge in [0.1, 0.15) is 5.75 Å². The molecular formula is C13H18ClNO2. The van der Waals surface area contributed by atoms with Crippen LogP contribution in [-0.2, 0) is 11.2 Å². The molecule has 0 aromatic heterocycles. The Hall–Kier alpha value is -1.22. The summed E-state index contributed by atoms with van der Waals surface area (Å²) in [4.78, 5) is 11.8. The van der Waals surface area contributed by atoms with Crippen LogP contribution in [0.25, 0.3) is 0 Å². The van der Waals surface area contributed by atoms with Crippen molar-refractivity contribution >= 4 is 17.5 Å². The van der Waals surface area contributed by atoms with Gasteiger partial charge in [-0.2, -0.15) is 0 Å². The van der Waals surface area contributed by atoms with E-state index >= 15 is 0 Å². The van der Waals surface area contributed by atoms with E-state index in [0.717, 1.165) is 12.0 Å². The monoisotopic (exact) mass is 255 g/mol. The highest BCUT2D eigenvalue weighted by atomic mass is 35.5. The lowest BCUT2D eigenvalue weighted by atomic mass is 10.0. The molecule has 0 spiro atoms. The van der Waals surface area contributed by atoms with Gasteiger partial charge in [0.25, 0.3) is 0 Å². The topological polar surface area (TPSA) is 49.3 Å². The fourth-order valence-corrected chi connectivity index (χ4v) is 1.70. The third-order valence-electron chi connectivity index (χ3n) is 2.79. The highest BCUT2D eigenvalue weighted by Crippen LogP contribution is 2.14. The molecule has 1 aromatic carbocycles. The molecule has 0 heterocycles. The molecule has 0 aliphatic carbocycles. The van der Waals surface area contributed by atoms with Gasteiger partial charge in [-0.25, -0.2) is 0 Å². The Labute approximate surface area is 107 Å². The van der Waals surface area contributed by atoms with E-state index in [1.807, 2.05) is 19.9 Å². The van der Waals surface area contributed by atoms with Crippen LogP contribution >= 0.6 is 11.6 Å². The van der Waals surface area contributed by atoms with Crippen LogP contribution in [0.4, 0.5) is 0 Å². The number of nitrogens with one attached hydrogen (secondary N) is 1. The van der Waals surface area contributed by atoms with Crippen molar-refractivity contribution in [2.75, 3.05) is 5.88 Å². The summed E-state index contributed by atoms with van der Waals surface area (Å²) in [5.74, 6) is 0.474. The molecule has 1 amide bonds. The Morgan fingerprint density at radius 2 is 2.24 bits per heavy atom. The van der Waals surface area contributed by atoms with Gasteiger partial charge in [0.15, 0.2) is 0 Å². The zero-order chi connectivity index (χ0) is 12.9. The molecule has 0 aliphatic rings. The average Bonchev–Trinajstić information content (AvgIpc) is 2.28. The molecular weight excluding hydrogens is 238 g/mol. The highest BCUT2D eigenvalue weighted by molar-refractivity contribution is 6.18. The lowest BCUT2D eigenvalue weighted by Gasteiger charge is -2.27. The number of benzene rings is 1. The Kier molecular flexibility index (Phi) is 4.82. The summed E-state index contributed by atoms with van der Waals surface area (Å²) in [5, 5.41) is 12.2. The molecule has 17 heavy (non-hydrogen) atoms. The number of halogens is 1. The number of aromatic hydroxyl groups is 1. The first-order chi connectivity index (χ1) is 7.99. The van der Waals surface area contributed by atoms with Gasteiger partial charge in [-0.15, -0.1) is 11.6 Å².